The van der Waals surface area contributed by atoms with Gasteiger partial charge in [0.05, 0.1) is 5.69 Å². The van der Waals surface area contributed by atoms with Crippen LogP contribution in [0.25, 0.3) is 0 Å². The van der Waals surface area contributed by atoms with E-state index in [1.165, 1.54) is 5.69 Å². The van der Waals surface area contributed by atoms with E-state index in [1.807, 2.05) is 16.6 Å². The molecule has 124 valence electrons. The molecule has 6 nitrogen and oxygen atoms in total. The maximum Gasteiger partial charge on any atom is 0.317 e. The van der Waals surface area contributed by atoms with Crippen molar-refractivity contribution in [2.45, 2.75) is 46.1 Å². The first-order valence-electron chi connectivity index (χ1n) is 8.27. The number of hydrogen-bond acceptors (Lipinski definition) is 3. The monoisotopic (exact) mass is 308 g/mol. The summed E-state index contributed by atoms with van der Waals surface area (Å²) < 4.78 is 1.92. The van der Waals surface area contributed by atoms with E-state index in [2.05, 4.69) is 24.3 Å². The van der Waals surface area contributed by atoms with Crippen LogP contribution in [0.1, 0.15) is 43.6 Å². The number of aliphatic hydroxyl groups excluding tert-OH is 1. The lowest BCUT2D eigenvalue weighted by Crippen LogP contribution is -2.44. The SMILES string of the molecule is CCc1nn(C)c(CC)c1CNC(=O)N1CCC(CO)CC1. The number of aromatic nitrogens is 2. The Morgan fingerprint density at radius 1 is 1.32 bits per heavy atom. The highest BCUT2D eigenvalue weighted by Crippen LogP contribution is 2.18. The zero-order valence-electron chi connectivity index (χ0n) is 13.9. The summed E-state index contributed by atoms with van der Waals surface area (Å²) in [5.74, 6) is 0.348. The van der Waals surface area contributed by atoms with Gasteiger partial charge in [0.25, 0.3) is 0 Å². The van der Waals surface area contributed by atoms with E-state index >= 15 is 0 Å². The average molecular weight is 308 g/mol. The first-order valence-corrected chi connectivity index (χ1v) is 8.27. The minimum absolute atomic E-state index is 0.00986. The number of amides is 2. The van der Waals surface area contributed by atoms with Crippen molar-refractivity contribution in [3.63, 3.8) is 0 Å². The molecule has 1 aliphatic heterocycles. The fourth-order valence-electron chi connectivity index (χ4n) is 3.19. The van der Waals surface area contributed by atoms with Gasteiger partial charge in [0, 0.05) is 44.5 Å². The Hall–Kier alpha value is -1.56. The number of aryl methyl sites for hydroxylation is 2. The molecular weight excluding hydrogens is 280 g/mol. The molecule has 2 rings (SSSR count). The number of hydrogen-bond donors (Lipinski definition) is 2. The maximum absolute atomic E-state index is 12.3. The molecule has 0 aromatic carbocycles. The van der Waals surface area contributed by atoms with E-state index in [0.29, 0.717) is 12.5 Å². The largest absolute Gasteiger partial charge is 0.396 e. The van der Waals surface area contributed by atoms with Crippen LogP contribution in [0, 0.1) is 5.92 Å². The van der Waals surface area contributed by atoms with Gasteiger partial charge in [0.1, 0.15) is 0 Å². The van der Waals surface area contributed by atoms with Crippen LogP contribution >= 0.6 is 0 Å². The summed E-state index contributed by atoms with van der Waals surface area (Å²) in [5.41, 5.74) is 3.42. The van der Waals surface area contributed by atoms with Gasteiger partial charge >= 0.3 is 6.03 Å². The van der Waals surface area contributed by atoms with Crippen LogP contribution < -0.4 is 5.32 Å². The van der Waals surface area contributed by atoms with Crippen LogP contribution in [0.15, 0.2) is 0 Å². The predicted octanol–water partition coefficient (Wildman–Crippen LogP) is 1.46. The molecule has 0 unspecified atom stereocenters. The van der Waals surface area contributed by atoms with Crippen molar-refractivity contribution < 1.29 is 9.90 Å². The van der Waals surface area contributed by atoms with E-state index in [0.717, 1.165) is 50.0 Å². The summed E-state index contributed by atoms with van der Waals surface area (Å²) in [7, 11) is 1.96. The molecule has 0 atom stereocenters. The lowest BCUT2D eigenvalue weighted by atomic mass is 9.98. The zero-order chi connectivity index (χ0) is 16.1. The molecular formula is C16H28N4O2. The number of urea groups is 1. The minimum atomic E-state index is -0.00986. The number of nitrogens with one attached hydrogen (secondary N) is 1. The molecule has 1 saturated heterocycles. The second-order valence-electron chi connectivity index (χ2n) is 5.97. The second kappa shape index (κ2) is 7.63. The van der Waals surface area contributed by atoms with Crippen molar-refractivity contribution in [2.75, 3.05) is 19.7 Å². The van der Waals surface area contributed by atoms with Gasteiger partial charge in [-0.2, -0.15) is 5.10 Å². The highest BCUT2D eigenvalue weighted by molar-refractivity contribution is 5.74. The third-order valence-corrected chi connectivity index (χ3v) is 4.60. The summed E-state index contributed by atoms with van der Waals surface area (Å²) in [4.78, 5) is 14.1. The topological polar surface area (TPSA) is 70.4 Å². The van der Waals surface area contributed by atoms with Gasteiger partial charge in [-0.1, -0.05) is 13.8 Å². The molecule has 0 radical (unpaired) electrons. The third-order valence-electron chi connectivity index (χ3n) is 4.60. The van der Waals surface area contributed by atoms with Crippen molar-refractivity contribution >= 4 is 6.03 Å². The quantitative estimate of drug-likeness (QED) is 0.865. The molecule has 2 N–H and O–H groups in total. The normalized spacial score (nSPS) is 16.1. The Labute approximate surface area is 132 Å². The Morgan fingerprint density at radius 2 is 2.00 bits per heavy atom. The van der Waals surface area contributed by atoms with E-state index in [1.54, 1.807) is 0 Å². The fourth-order valence-corrected chi connectivity index (χ4v) is 3.19. The molecule has 2 amide bonds. The standard InChI is InChI=1S/C16H28N4O2/c1-4-14-13(15(5-2)19(3)18-14)10-17-16(22)20-8-6-12(11-21)7-9-20/h12,21H,4-11H2,1-3H3,(H,17,22). The molecule has 6 heteroatoms. The van der Waals surface area contributed by atoms with Crippen LogP contribution in [0.3, 0.4) is 0 Å². The van der Waals surface area contributed by atoms with Crippen LogP contribution in [0.2, 0.25) is 0 Å². The first-order chi connectivity index (χ1) is 10.6. The van der Waals surface area contributed by atoms with Crippen molar-refractivity contribution in [3.8, 4) is 0 Å². The summed E-state index contributed by atoms with van der Waals surface area (Å²) >= 11 is 0. The molecule has 1 fully saturated rings. The second-order valence-corrected chi connectivity index (χ2v) is 5.97. The molecule has 0 spiro atoms. The molecule has 1 aliphatic rings. The van der Waals surface area contributed by atoms with Gasteiger partial charge in [0.2, 0.25) is 0 Å². The Morgan fingerprint density at radius 3 is 2.55 bits per heavy atom. The number of aliphatic hydroxyl groups is 1. The van der Waals surface area contributed by atoms with E-state index in [9.17, 15) is 4.79 Å². The summed E-state index contributed by atoms with van der Waals surface area (Å²) in [6.07, 6.45) is 3.56. The first kappa shape index (κ1) is 16.8. The highest BCUT2D eigenvalue weighted by atomic mass is 16.3. The smallest absolute Gasteiger partial charge is 0.317 e. The number of likely N-dealkylation sites (tertiary alicyclic amines) is 1. The third kappa shape index (κ3) is 3.61. The number of carbonyl (C=O) groups is 1. The molecule has 1 aromatic heterocycles. The maximum atomic E-state index is 12.3. The van der Waals surface area contributed by atoms with Crippen LogP contribution in [0.4, 0.5) is 4.79 Å². The van der Waals surface area contributed by atoms with Gasteiger partial charge < -0.3 is 15.3 Å². The Kier molecular flexibility index (Phi) is 5.83. The molecule has 22 heavy (non-hydrogen) atoms. The molecule has 0 aliphatic carbocycles. The highest BCUT2D eigenvalue weighted by Gasteiger charge is 2.22. The van der Waals surface area contributed by atoms with E-state index in [4.69, 9.17) is 5.11 Å². The van der Waals surface area contributed by atoms with E-state index < -0.39 is 0 Å². The lowest BCUT2D eigenvalue weighted by molar-refractivity contribution is 0.137. The van der Waals surface area contributed by atoms with Crippen LogP contribution in [-0.4, -0.2) is 45.5 Å². The Balaban J connectivity index is 1.94. The van der Waals surface area contributed by atoms with Gasteiger partial charge in [0.15, 0.2) is 0 Å². The number of rotatable bonds is 5. The fraction of sp³-hybridized carbons (Fsp3) is 0.750. The predicted molar refractivity (Wildman–Crippen MR) is 85.6 cm³/mol. The van der Waals surface area contributed by atoms with Gasteiger partial charge in [-0.15, -0.1) is 0 Å². The number of nitrogens with zero attached hydrogens (tertiary/aromatic N) is 3. The van der Waals surface area contributed by atoms with Gasteiger partial charge in [-0.05, 0) is 31.6 Å². The number of carbonyl (C=O) groups excluding carboxylic acids is 1. The number of piperidine rings is 1. The Bertz CT molecular complexity index is 504. The van der Waals surface area contributed by atoms with Crippen LogP contribution in [-0.2, 0) is 26.4 Å². The summed E-state index contributed by atoms with van der Waals surface area (Å²) in [5, 5.41) is 16.7. The molecule has 1 aromatic rings. The van der Waals surface area contributed by atoms with Crippen molar-refractivity contribution in [1.29, 1.82) is 0 Å². The van der Waals surface area contributed by atoms with Crippen molar-refractivity contribution in [2.24, 2.45) is 13.0 Å². The average Bonchev–Trinajstić information content (AvgIpc) is 2.87. The van der Waals surface area contributed by atoms with Gasteiger partial charge in [-0.25, -0.2) is 4.79 Å². The lowest BCUT2D eigenvalue weighted by Gasteiger charge is -2.31. The van der Waals surface area contributed by atoms with Crippen molar-refractivity contribution in [3.05, 3.63) is 17.0 Å². The molecule has 0 bridgehead atoms. The molecule has 0 saturated carbocycles. The minimum Gasteiger partial charge on any atom is -0.396 e. The van der Waals surface area contributed by atoms with Crippen LogP contribution in [0.5, 0.6) is 0 Å². The summed E-state index contributed by atoms with van der Waals surface area (Å²) in [6, 6.07) is -0.00986. The summed E-state index contributed by atoms with van der Waals surface area (Å²) in [6.45, 7) is 6.43. The van der Waals surface area contributed by atoms with E-state index in [-0.39, 0.29) is 12.6 Å². The molecule has 2 heterocycles. The van der Waals surface area contributed by atoms with Gasteiger partial charge in [-0.3, -0.25) is 4.68 Å². The zero-order valence-corrected chi connectivity index (χ0v) is 13.9. The van der Waals surface area contributed by atoms with Crippen molar-refractivity contribution in [1.82, 2.24) is 20.0 Å².